The number of nitrogens with two attached hydrogens (primary N) is 1. The third-order valence-electron chi connectivity index (χ3n) is 6.37. The first-order valence-electron chi connectivity index (χ1n) is 12.1. The molecule has 1 aliphatic heterocycles. The zero-order chi connectivity index (χ0) is 23.8. The van der Waals surface area contributed by atoms with Crippen LogP contribution in [0.25, 0.3) is 10.8 Å². The molecule has 3 aromatic rings. The van der Waals surface area contributed by atoms with Gasteiger partial charge in [-0.3, -0.25) is 4.79 Å². The van der Waals surface area contributed by atoms with Crippen LogP contribution in [0.3, 0.4) is 0 Å². The maximum atomic E-state index is 12.0. The van der Waals surface area contributed by atoms with Crippen molar-refractivity contribution in [1.29, 1.82) is 0 Å². The van der Waals surface area contributed by atoms with E-state index in [1.165, 1.54) is 22.0 Å². The van der Waals surface area contributed by atoms with Crippen LogP contribution in [-0.4, -0.2) is 51.5 Å². The summed E-state index contributed by atoms with van der Waals surface area (Å²) in [5.74, 6) is -0.239. The van der Waals surface area contributed by atoms with E-state index < -0.39 is 0 Å². The van der Waals surface area contributed by atoms with Crippen molar-refractivity contribution in [3.63, 3.8) is 0 Å². The fourth-order valence-corrected chi connectivity index (χ4v) is 4.64. The Labute approximate surface area is 202 Å². The molecule has 180 valence electrons. The number of nitrogens with zero attached hydrogens (tertiary/aromatic N) is 1. The SMILES string of the molecule is C[C@@H](N[C@H]1CCN(c2ccc(CC(=O)OCCOCCN)cc2)C1)c1cccc2ccccc12. The molecule has 1 saturated heterocycles. The summed E-state index contributed by atoms with van der Waals surface area (Å²) in [4.78, 5) is 14.4. The second kappa shape index (κ2) is 12.0. The Kier molecular flexibility index (Phi) is 8.52. The van der Waals surface area contributed by atoms with Gasteiger partial charge in [0.25, 0.3) is 0 Å². The van der Waals surface area contributed by atoms with Crippen molar-refractivity contribution in [2.75, 3.05) is 44.4 Å². The van der Waals surface area contributed by atoms with Gasteiger partial charge in [-0.05, 0) is 47.4 Å². The number of carbonyl (C=O) groups excluding carboxylic acids is 1. The first kappa shape index (κ1) is 24.2. The second-order valence-electron chi connectivity index (χ2n) is 8.85. The number of hydrogen-bond donors (Lipinski definition) is 2. The molecule has 4 rings (SSSR count). The van der Waals surface area contributed by atoms with E-state index in [1.807, 2.05) is 12.1 Å². The number of carbonyl (C=O) groups is 1. The number of fused-ring (bicyclic) bond motifs is 1. The molecule has 1 fully saturated rings. The zero-order valence-corrected chi connectivity index (χ0v) is 19.9. The molecule has 34 heavy (non-hydrogen) atoms. The quantitative estimate of drug-likeness (QED) is 0.334. The van der Waals surface area contributed by atoms with Crippen molar-refractivity contribution in [3.05, 3.63) is 77.9 Å². The van der Waals surface area contributed by atoms with Crippen molar-refractivity contribution in [2.45, 2.75) is 31.8 Å². The summed E-state index contributed by atoms with van der Waals surface area (Å²) in [5.41, 5.74) is 8.85. The molecule has 0 saturated carbocycles. The first-order valence-corrected chi connectivity index (χ1v) is 12.1. The van der Waals surface area contributed by atoms with Gasteiger partial charge >= 0.3 is 5.97 Å². The Hall–Kier alpha value is -2.93. The first-order chi connectivity index (χ1) is 16.6. The van der Waals surface area contributed by atoms with E-state index in [4.69, 9.17) is 15.2 Å². The van der Waals surface area contributed by atoms with Crippen molar-refractivity contribution >= 4 is 22.4 Å². The van der Waals surface area contributed by atoms with Crippen LogP contribution in [0.15, 0.2) is 66.7 Å². The van der Waals surface area contributed by atoms with Crippen molar-refractivity contribution in [2.24, 2.45) is 5.73 Å². The minimum absolute atomic E-state index is 0.239. The summed E-state index contributed by atoms with van der Waals surface area (Å²) >= 11 is 0. The van der Waals surface area contributed by atoms with E-state index in [0.717, 1.165) is 25.1 Å². The third-order valence-corrected chi connectivity index (χ3v) is 6.37. The molecule has 0 spiro atoms. The van der Waals surface area contributed by atoms with Crippen molar-refractivity contribution in [1.82, 2.24) is 5.32 Å². The number of nitrogens with one attached hydrogen (secondary N) is 1. The van der Waals surface area contributed by atoms with Crippen LogP contribution in [0, 0.1) is 0 Å². The Bertz CT molecular complexity index is 1060. The molecule has 0 unspecified atom stereocenters. The lowest BCUT2D eigenvalue weighted by atomic mass is 9.99. The van der Waals surface area contributed by atoms with Gasteiger partial charge in [-0.2, -0.15) is 0 Å². The van der Waals surface area contributed by atoms with E-state index >= 15 is 0 Å². The summed E-state index contributed by atoms with van der Waals surface area (Å²) in [6.45, 7) is 5.83. The summed E-state index contributed by atoms with van der Waals surface area (Å²) in [7, 11) is 0. The number of hydrogen-bond acceptors (Lipinski definition) is 6. The van der Waals surface area contributed by atoms with Gasteiger partial charge in [0.1, 0.15) is 6.61 Å². The van der Waals surface area contributed by atoms with Crippen LogP contribution >= 0.6 is 0 Å². The highest BCUT2D eigenvalue weighted by atomic mass is 16.6. The van der Waals surface area contributed by atoms with Gasteiger partial charge in [0, 0.05) is 37.4 Å². The van der Waals surface area contributed by atoms with Crippen LogP contribution in [0.2, 0.25) is 0 Å². The van der Waals surface area contributed by atoms with Crippen LogP contribution < -0.4 is 16.0 Å². The normalized spacial score (nSPS) is 16.6. The van der Waals surface area contributed by atoms with E-state index in [0.29, 0.717) is 25.8 Å². The third kappa shape index (κ3) is 6.35. The Balaban J connectivity index is 1.26. The number of benzene rings is 3. The second-order valence-corrected chi connectivity index (χ2v) is 8.85. The average molecular weight is 462 g/mol. The van der Waals surface area contributed by atoms with Crippen LogP contribution in [0.5, 0.6) is 0 Å². The lowest BCUT2D eigenvalue weighted by Crippen LogP contribution is -2.34. The van der Waals surface area contributed by atoms with Gasteiger partial charge in [0.05, 0.1) is 19.6 Å². The van der Waals surface area contributed by atoms with Gasteiger partial charge in [0.15, 0.2) is 0 Å². The van der Waals surface area contributed by atoms with Crippen LogP contribution in [-0.2, 0) is 20.7 Å². The summed E-state index contributed by atoms with van der Waals surface area (Å²) in [5, 5.41) is 6.44. The predicted molar refractivity (Wildman–Crippen MR) is 137 cm³/mol. The highest BCUT2D eigenvalue weighted by molar-refractivity contribution is 5.86. The molecular formula is C28H35N3O3. The van der Waals surface area contributed by atoms with E-state index in [-0.39, 0.29) is 25.0 Å². The lowest BCUT2D eigenvalue weighted by molar-refractivity contribution is -0.144. The molecule has 6 nitrogen and oxygen atoms in total. The maximum Gasteiger partial charge on any atom is 0.310 e. The average Bonchev–Trinajstić information content (AvgIpc) is 3.32. The molecule has 0 bridgehead atoms. The van der Waals surface area contributed by atoms with E-state index in [2.05, 4.69) is 71.7 Å². The molecule has 0 aliphatic carbocycles. The van der Waals surface area contributed by atoms with Gasteiger partial charge in [-0.25, -0.2) is 0 Å². The van der Waals surface area contributed by atoms with E-state index in [9.17, 15) is 4.79 Å². The fraction of sp³-hybridized carbons (Fsp3) is 0.393. The highest BCUT2D eigenvalue weighted by Gasteiger charge is 2.24. The standard InChI is InChI=1S/C28H35N3O3/c1-21(26-8-4-6-23-5-2-3-7-27(23)26)30-24-13-15-31(20-24)25-11-9-22(10-12-25)19-28(32)34-18-17-33-16-14-29/h2-12,21,24,30H,13-20,29H2,1H3/t21-,24+/m1/s1. The molecule has 3 aromatic carbocycles. The molecule has 1 heterocycles. The zero-order valence-electron chi connectivity index (χ0n) is 19.9. The van der Waals surface area contributed by atoms with Gasteiger partial charge in [0.2, 0.25) is 0 Å². The minimum Gasteiger partial charge on any atom is -0.463 e. The fourth-order valence-electron chi connectivity index (χ4n) is 4.64. The molecular weight excluding hydrogens is 426 g/mol. The Morgan fingerprint density at radius 1 is 1.06 bits per heavy atom. The van der Waals surface area contributed by atoms with Gasteiger partial charge < -0.3 is 25.4 Å². The van der Waals surface area contributed by atoms with E-state index in [1.54, 1.807) is 0 Å². The minimum atomic E-state index is -0.239. The molecule has 2 atom stereocenters. The monoisotopic (exact) mass is 461 g/mol. The van der Waals surface area contributed by atoms with Crippen LogP contribution in [0.1, 0.15) is 30.5 Å². The largest absolute Gasteiger partial charge is 0.463 e. The lowest BCUT2D eigenvalue weighted by Gasteiger charge is -2.23. The van der Waals surface area contributed by atoms with Crippen molar-refractivity contribution in [3.8, 4) is 0 Å². The number of anilines is 1. The Morgan fingerprint density at radius 3 is 2.68 bits per heavy atom. The predicted octanol–water partition coefficient (Wildman–Crippen LogP) is 3.83. The number of rotatable bonds is 11. The molecule has 1 aliphatic rings. The van der Waals surface area contributed by atoms with Crippen molar-refractivity contribution < 1.29 is 14.3 Å². The Morgan fingerprint density at radius 2 is 1.85 bits per heavy atom. The molecule has 3 N–H and O–H groups in total. The molecule has 0 radical (unpaired) electrons. The smallest absolute Gasteiger partial charge is 0.310 e. The summed E-state index contributed by atoms with van der Waals surface area (Å²) < 4.78 is 10.4. The number of esters is 1. The molecule has 0 amide bonds. The number of ether oxygens (including phenoxy) is 2. The topological polar surface area (TPSA) is 76.8 Å². The summed E-state index contributed by atoms with van der Waals surface area (Å²) in [6.07, 6.45) is 1.37. The molecule has 0 aromatic heterocycles. The van der Waals surface area contributed by atoms with Gasteiger partial charge in [-0.15, -0.1) is 0 Å². The summed E-state index contributed by atoms with van der Waals surface area (Å²) in [6, 6.07) is 24.1. The van der Waals surface area contributed by atoms with Crippen LogP contribution in [0.4, 0.5) is 5.69 Å². The van der Waals surface area contributed by atoms with Gasteiger partial charge in [-0.1, -0.05) is 54.6 Å². The highest BCUT2D eigenvalue weighted by Crippen LogP contribution is 2.27. The molecule has 6 heteroatoms. The maximum absolute atomic E-state index is 12.0.